The largest absolute Gasteiger partial charge is 0.339 e. The summed E-state index contributed by atoms with van der Waals surface area (Å²) < 4.78 is 0. The highest BCUT2D eigenvalue weighted by Gasteiger charge is 2.40. The number of allylic oxidation sites excluding steroid dienone is 1. The van der Waals surface area contributed by atoms with Crippen LogP contribution in [0.4, 0.5) is 0 Å². The van der Waals surface area contributed by atoms with Gasteiger partial charge in [0.15, 0.2) is 0 Å². The minimum atomic E-state index is -0.315. The molecule has 4 rings (SSSR count). The predicted octanol–water partition coefficient (Wildman–Crippen LogP) is 2.11. The van der Waals surface area contributed by atoms with Crippen molar-refractivity contribution in [3.63, 3.8) is 0 Å². The SMILES string of the molecule is O=C(c1c[nH]c(=O)cn1)N1CC[C@@H]2[C@@H](CCC(=O)N2CCC2=CCCCC2)C1. The van der Waals surface area contributed by atoms with E-state index in [-0.39, 0.29) is 29.1 Å². The number of aromatic amines is 1. The Labute approximate surface area is 164 Å². The lowest BCUT2D eigenvalue weighted by Crippen LogP contribution is -2.57. The molecule has 0 aromatic carbocycles. The molecule has 1 N–H and O–H groups in total. The summed E-state index contributed by atoms with van der Waals surface area (Å²) in [6.07, 6.45) is 13.0. The van der Waals surface area contributed by atoms with Gasteiger partial charge >= 0.3 is 0 Å². The summed E-state index contributed by atoms with van der Waals surface area (Å²) in [5.41, 5.74) is 1.45. The van der Waals surface area contributed by atoms with E-state index in [9.17, 15) is 14.4 Å². The van der Waals surface area contributed by atoms with Crippen LogP contribution < -0.4 is 5.56 Å². The normalized spacial score (nSPS) is 25.3. The second kappa shape index (κ2) is 8.29. The van der Waals surface area contributed by atoms with Gasteiger partial charge in [-0.05, 0) is 50.9 Å². The molecule has 150 valence electrons. The van der Waals surface area contributed by atoms with Crippen LogP contribution in [-0.4, -0.2) is 57.3 Å². The summed E-state index contributed by atoms with van der Waals surface area (Å²) >= 11 is 0. The third-order valence-electron chi connectivity index (χ3n) is 6.38. The lowest BCUT2D eigenvalue weighted by atomic mass is 9.83. The maximum atomic E-state index is 12.7. The number of carbonyl (C=O) groups is 2. The van der Waals surface area contributed by atoms with Gasteiger partial charge < -0.3 is 14.8 Å². The zero-order valence-electron chi connectivity index (χ0n) is 16.2. The number of likely N-dealkylation sites (tertiary alicyclic amines) is 2. The highest BCUT2D eigenvalue weighted by Crippen LogP contribution is 2.32. The van der Waals surface area contributed by atoms with E-state index in [1.165, 1.54) is 37.5 Å². The van der Waals surface area contributed by atoms with Gasteiger partial charge in [0.2, 0.25) is 5.91 Å². The standard InChI is InChI=1S/C21H28N4O3/c26-19-13-22-17(12-23-19)21(28)24-10-9-18-16(14-24)6-7-20(27)25(18)11-8-15-4-2-1-3-5-15/h4,12-13,16,18H,1-3,5-11,14H2,(H,23,26)/t16-,18+/m0/s1. The first-order valence-corrected chi connectivity index (χ1v) is 10.4. The van der Waals surface area contributed by atoms with Gasteiger partial charge in [0.1, 0.15) is 5.69 Å². The van der Waals surface area contributed by atoms with Gasteiger partial charge in [-0.1, -0.05) is 11.6 Å². The van der Waals surface area contributed by atoms with E-state index in [0.717, 1.165) is 32.0 Å². The molecule has 0 unspecified atom stereocenters. The number of fused-ring (bicyclic) bond motifs is 1. The van der Waals surface area contributed by atoms with E-state index in [1.54, 1.807) is 0 Å². The molecule has 0 saturated carbocycles. The molecule has 2 fully saturated rings. The van der Waals surface area contributed by atoms with Crippen molar-refractivity contribution in [1.82, 2.24) is 19.8 Å². The smallest absolute Gasteiger partial charge is 0.273 e. The molecule has 2 aliphatic heterocycles. The van der Waals surface area contributed by atoms with E-state index in [0.29, 0.717) is 25.4 Å². The van der Waals surface area contributed by atoms with E-state index >= 15 is 0 Å². The summed E-state index contributed by atoms with van der Waals surface area (Å²) in [7, 11) is 0. The van der Waals surface area contributed by atoms with E-state index in [1.807, 2.05) is 4.90 Å². The molecular formula is C21H28N4O3. The van der Waals surface area contributed by atoms with Gasteiger partial charge in [0.25, 0.3) is 11.5 Å². The van der Waals surface area contributed by atoms with Crippen LogP contribution in [0.2, 0.25) is 0 Å². The number of H-pyrrole nitrogens is 1. The van der Waals surface area contributed by atoms with Crippen molar-refractivity contribution in [2.24, 2.45) is 5.92 Å². The van der Waals surface area contributed by atoms with Gasteiger partial charge in [-0.25, -0.2) is 4.98 Å². The van der Waals surface area contributed by atoms with Crippen molar-refractivity contribution in [2.75, 3.05) is 19.6 Å². The summed E-state index contributed by atoms with van der Waals surface area (Å²) in [6, 6.07) is 0.234. The Morgan fingerprint density at radius 1 is 1.21 bits per heavy atom. The third kappa shape index (κ3) is 4.03. The second-order valence-corrected chi connectivity index (χ2v) is 8.15. The number of carbonyl (C=O) groups excluding carboxylic acids is 2. The maximum absolute atomic E-state index is 12.7. The number of aromatic nitrogens is 2. The fourth-order valence-corrected chi connectivity index (χ4v) is 4.84. The minimum absolute atomic E-state index is 0.148. The molecule has 1 aromatic rings. The van der Waals surface area contributed by atoms with Crippen molar-refractivity contribution in [3.8, 4) is 0 Å². The van der Waals surface area contributed by atoms with Crippen molar-refractivity contribution in [2.45, 2.75) is 57.4 Å². The molecule has 0 radical (unpaired) electrons. The van der Waals surface area contributed by atoms with Crippen molar-refractivity contribution in [3.05, 3.63) is 40.1 Å². The fourth-order valence-electron chi connectivity index (χ4n) is 4.84. The first-order chi connectivity index (χ1) is 13.6. The molecular weight excluding hydrogens is 356 g/mol. The van der Waals surface area contributed by atoms with Crippen LogP contribution in [0.1, 0.15) is 61.9 Å². The Balaban J connectivity index is 1.39. The Morgan fingerprint density at radius 2 is 2.11 bits per heavy atom. The van der Waals surface area contributed by atoms with Crippen LogP contribution in [0, 0.1) is 5.92 Å². The Hall–Kier alpha value is -2.44. The van der Waals surface area contributed by atoms with Crippen molar-refractivity contribution >= 4 is 11.8 Å². The maximum Gasteiger partial charge on any atom is 0.273 e. The Kier molecular flexibility index (Phi) is 5.59. The zero-order valence-corrected chi connectivity index (χ0v) is 16.2. The molecule has 1 aliphatic carbocycles. The van der Waals surface area contributed by atoms with Crippen LogP contribution in [0.15, 0.2) is 28.8 Å². The van der Waals surface area contributed by atoms with E-state index < -0.39 is 0 Å². The van der Waals surface area contributed by atoms with Crippen LogP contribution in [0.5, 0.6) is 0 Å². The number of hydrogen-bond acceptors (Lipinski definition) is 4. The Bertz CT molecular complexity index is 811. The molecule has 2 saturated heterocycles. The first-order valence-electron chi connectivity index (χ1n) is 10.4. The first kappa shape index (κ1) is 18.9. The van der Waals surface area contributed by atoms with E-state index in [2.05, 4.69) is 20.9 Å². The Morgan fingerprint density at radius 3 is 2.86 bits per heavy atom. The molecule has 7 heteroatoms. The summed E-state index contributed by atoms with van der Waals surface area (Å²) in [6.45, 7) is 2.07. The molecule has 3 aliphatic rings. The van der Waals surface area contributed by atoms with Crippen molar-refractivity contribution in [1.29, 1.82) is 0 Å². The molecule has 2 atom stereocenters. The predicted molar refractivity (Wildman–Crippen MR) is 105 cm³/mol. The summed E-state index contributed by atoms with van der Waals surface area (Å²) in [5.74, 6) is 0.434. The molecule has 0 spiro atoms. The van der Waals surface area contributed by atoms with Gasteiger partial charge in [0, 0.05) is 38.3 Å². The minimum Gasteiger partial charge on any atom is -0.339 e. The van der Waals surface area contributed by atoms with E-state index in [4.69, 9.17) is 0 Å². The average Bonchev–Trinajstić information content (AvgIpc) is 2.73. The second-order valence-electron chi connectivity index (χ2n) is 8.15. The molecule has 0 bridgehead atoms. The summed E-state index contributed by atoms with van der Waals surface area (Å²) in [5, 5.41) is 0. The number of hydrogen-bond donors (Lipinski definition) is 1. The third-order valence-corrected chi connectivity index (χ3v) is 6.38. The monoisotopic (exact) mass is 384 g/mol. The lowest BCUT2D eigenvalue weighted by molar-refractivity contribution is -0.140. The lowest BCUT2D eigenvalue weighted by Gasteiger charge is -2.47. The van der Waals surface area contributed by atoms with Gasteiger partial charge in [-0.2, -0.15) is 0 Å². The zero-order chi connectivity index (χ0) is 19.5. The molecule has 7 nitrogen and oxygen atoms in total. The number of nitrogens with zero attached hydrogens (tertiary/aromatic N) is 3. The number of amides is 2. The van der Waals surface area contributed by atoms with Gasteiger partial charge in [0.05, 0.1) is 6.20 Å². The highest BCUT2D eigenvalue weighted by atomic mass is 16.2. The average molecular weight is 384 g/mol. The van der Waals surface area contributed by atoms with Crippen LogP contribution in [0.3, 0.4) is 0 Å². The molecule has 1 aromatic heterocycles. The number of nitrogens with one attached hydrogen (secondary N) is 1. The topological polar surface area (TPSA) is 86.4 Å². The van der Waals surface area contributed by atoms with Gasteiger partial charge in [-0.15, -0.1) is 0 Å². The van der Waals surface area contributed by atoms with Gasteiger partial charge in [-0.3, -0.25) is 14.4 Å². The van der Waals surface area contributed by atoms with Crippen LogP contribution >= 0.6 is 0 Å². The fraction of sp³-hybridized carbons (Fsp3) is 0.619. The number of rotatable bonds is 4. The number of piperidine rings is 2. The summed E-state index contributed by atoms with van der Waals surface area (Å²) in [4.78, 5) is 46.8. The molecule has 2 amide bonds. The molecule has 28 heavy (non-hydrogen) atoms. The highest BCUT2D eigenvalue weighted by molar-refractivity contribution is 5.92. The van der Waals surface area contributed by atoms with Crippen molar-refractivity contribution < 1.29 is 9.59 Å². The molecule has 3 heterocycles. The van der Waals surface area contributed by atoms with Crippen LogP contribution in [-0.2, 0) is 4.79 Å². The quantitative estimate of drug-likeness (QED) is 0.806. The van der Waals surface area contributed by atoms with Crippen LogP contribution in [0.25, 0.3) is 0 Å².